The summed E-state index contributed by atoms with van der Waals surface area (Å²) in [6.07, 6.45) is 0. The largest absolute Gasteiger partial charge is 0.455 e. The molecule has 178 valence electrons. The summed E-state index contributed by atoms with van der Waals surface area (Å²) in [7, 11) is 0. The van der Waals surface area contributed by atoms with Crippen molar-refractivity contribution in [3.05, 3.63) is 133 Å². The van der Waals surface area contributed by atoms with Crippen LogP contribution in [0.25, 0.3) is 71.9 Å². The minimum Gasteiger partial charge on any atom is -0.455 e. The number of nitrogens with zero attached hydrogens (tertiary/aromatic N) is 2. The lowest BCUT2D eigenvalue weighted by Gasteiger charge is -2.11. The fraction of sp³-hybridized carbons (Fsp3) is 0. The number of imidazole rings is 1. The smallest absolute Gasteiger partial charge is 0.145 e. The van der Waals surface area contributed by atoms with Gasteiger partial charge in [-0.05, 0) is 52.7 Å². The van der Waals surface area contributed by atoms with E-state index in [0.29, 0.717) is 0 Å². The van der Waals surface area contributed by atoms with Crippen molar-refractivity contribution in [1.82, 2.24) is 9.55 Å². The van der Waals surface area contributed by atoms with Gasteiger partial charge in [0.15, 0.2) is 0 Å². The molecule has 8 rings (SSSR count). The Kier molecular flexibility index (Phi) is 4.52. The van der Waals surface area contributed by atoms with Gasteiger partial charge in [0.05, 0.1) is 11.0 Å². The van der Waals surface area contributed by atoms with Crippen molar-refractivity contribution in [3.63, 3.8) is 0 Å². The van der Waals surface area contributed by atoms with Crippen LogP contribution >= 0.6 is 0 Å². The topological polar surface area (TPSA) is 31.0 Å². The summed E-state index contributed by atoms with van der Waals surface area (Å²) in [5, 5.41) is 4.63. The number of rotatable bonds is 3. The second-order valence-corrected chi connectivity index (χ2v) is 9.62. The molecule has 0 saturated carbocycles. The Balaban J connectivity index is 1.45. The first-order chi connectivity index (χ1) is 18.8. The number of hydrogen-bond donors (Lipinski definition) is 0. The molecule has 0 bridgehead atoms. The highest BCUT2D eigenvalue weighted by atomic mass is 16.3. The average Bonchev–Trinajstić information content (AvgIpc) is 3.55. The van der Waals surface area contributed by atoms with Crippen molar-refractivity contribution in [2.24, 2.45) is 0 Å². The lowest BCUT2D eigenvalue weighted by molar-refractivity contribution is 0.670. The highest BCUT2D eigenvalue weighted by Crippen LogP contribution is 2.42. The van der Waals surface area contributed by atoms with Crippen molar-refractivity contribution in [2.75, 3.05) is 0 Å². The molecule has 2 aromatic heterocycles. The summed E-state index contributed by atoms with van der Waals surface area (Å²) in [4.78, 5) is 5.18. The molecule has 0 unspecified atom stereocenters. The van der Waals surface area contributed by atoms with Crippen LogP contribution in [0.2, 0.25) is 0 Å². The number of hydrogen-bond acceptors (Lipinski definition) is 2. The molecule has 0 saturated heterocycles. The third-order valence-corrected chi connectivity index (χ3v) is 7.38. The third-order valence-electron chi connectivity index (χ3n) is 7.38. The molecule has 0 amide bonds. The Labute approximate surface area is 219 Å². The van der Waals surface area contributed by atoms with Gasteiger partial charge in [-0.25, -0.2) is 4.98 Å². The van der Waals surface area contributed by atoms with E-state index in [1.54, 1.807) is 0 Å². The van der Waals surface area contributed by atoms with E-state index in [4.69, 9.17) is 9.40 Å². The molecule has 3 nitrogen and oxygen atoms in total. The van der Waals surface area contributed by atoms with Crippen LogP contribution in [0, 0.1) is 0 Å². The predicted octanol–water partition coefficient (Wildman–Crippen LogP) is 9.41. The molecule has 0 radical (unpaired) electrons. The van der Waals surface area contributed by atoms with Crippen molar-refractivity contribution < 1.29 is 4.42 Å². The third kappa shape index (κ3) is 3.12. The van der Waals surface area contributed by atoms with Crippen molar-refractivity contribution in [2.45, 2.75) is 0 Å². The Morgan fingerprint density at radius 3 is 2.11 bits per heavy atom. The van der Waals surface area contributed by atoms with E-state index in [-0.39, 0.29) is 0 Å². The van der Waals surface area contributed by atoms with Crippen molar-refractivity contribution >= 4 is 43.7 Å². The van der Waals surface area contributed by atoms with E-state index in [2.05, 4.69) is 114 Å². The van der Waals surface area contributed by atoms with Crippen LogP contribution in [0.5, 0.6) is 0 Å². The second kappa shape index (κ2) is 8.19. The maximum Gasteiger partial charge on any atom is 0.145 e. The lowest BCUT2D eigenvalue weighted by Crippen LogP contribution is -1.97. The van der Waals surface area contributed by atoms with Crippen molar-refractivity contribution in [3.8, 4) is 28.2 Å². The van der Waals surface area contributed by atoms with E-state index < -0.39 is 0 Å². The standard InChI is InChI=1S/C35H22N2O/c1-3-11-23(12-4-1)35-36-30-22-25(19-20-31(30)37(35)26-14-5-2-6-15-26)33-27-16-8-7-13-24(27)21-29-28-17-9-10-18-32(28)38-34(29)33/h1-22H. The van der Waals surface area contributed by atoms with Gasteiger partial charge in [-0.3, -0.25) is 4.57 Å². The number of furan rings is 1. The van der Waals surface area contributed by atoms with Gasteiger partial charge >= 0.3 is 0 Å². The summed E-state index contributed by atoms with van der Waals surface area (Å²) >= 11 is 0. The first-order valence-corrected chi connectivity index (χ1v) is 12.8. The second-order valence-electron chi connectivity index (χ2n) is 9.62. The molecule has 0 aliphatic heterocycles. The first-order valence-electron chi connectivity index (χ1n) is 12.8. The molecule has 38 heavy (non-hydrogen) atoms. The first kappa shape index (κ1) is 21.0. The Morgan fingerprint density at radius 1 is 0.553 bits per heavy atom. The molecule has 6 aromatic carbocycles. The zero-order valence-corrected chi connectivity index (χ0v) is 20.5. The van der Waals surface area contributed by atoms with Gasteiger partial charge in [0.2, 0.25) is 0 Å². The monoisotopic (exact) mass is 486 g/mol. The number of para-hydroxylation sites is 2. The van der Waals surface area contributed by atoms with Gasteiger partial charge in [0.25, 0.3) is 0 Å². The van der Waals surface area contributed by atoms with Crippen LogP contribution in [0.15, 0.2) is 138 Å². The van der Waals surface area contributed by atoms with Crippen LogP contribution in [0.1, 0.15) is 0 Å². The van der Waals surface area contributed by atoms with Crippen LogP contribution in [-0.2, 0) is 0 Å². The predicted molar refractivity (Wildman–Crippen MR) is 157 cm³/mol. The van der Waals surface area contributed by atoms with Crippen LogP contribution in [-0.4, -0.2) is 9.55 Å². The maximum atomic E-state index is 6.50. The van der Waals surface area contributed by atoms with Gasteiger partial charge in [0.1, 0.15) is 17.0 Å². The molecule has 0 fully saturated rings. The van der Waals surface area contributed by atoms with Gasteiger partial charge in [-0.1, -0.05) is 97.1 Å². The molecule has 2 heterocycles. The fourth-order valence-electron chi connectivity index (χ4n) is 5.66. The van der Waals surface area contributed by atoms with Gasteiger partial charge < -0.3 is 4.42 Å². The molecule has 0 aliphatic carbocycles. The Bertz CT molecular complexity index is 2120. The van der Waals surface area contributed by atoms with E-state index in [1.807, 2.05) is 24.3 Å². The Morgan fingerprint density at radius 2 is 1.26 bits per heavy atom. The molecule has 0 atom stereocenters. The summed E-state index contributed by atoms with van der Waals surface area (Å²) in [5.74, 6) is 0.927. The number of benzene rings is 6. The Hall–Kier alpha value is -5.15. The van der Waals surface area contributed by atoms with E-state index >= 15 is 0 Å². The molecule has 0 spiro atoms. The molecule has 0 aliphatic rings. The minimum atomic E-state index is 0.903. The quantitative estimate of drug-likeness (QED) is 0.249. The van der Waals surface area contributed by atoms with E-state index in [0.717, 1.165) is 61.2 Å². The highest BCUT2D eigenvalue weighted by molar-refractivity contribution is 6.18. The summed E-state index contributed by atoms with van der Waals surface area (Å²) in [5.41, 5.74) is 8.20. The minimum absolute atomic E-state index is 0.903. The van der Waals surface area contributed by atoms with Crippen LogP contribution in [0.4, 0.5) is 0 Å². The SMILES string of the molecule is c1ccc(-c2nc3cc(-c4c5ccccc5cc5c4oc4ccccc45)ccc3n2-c2ccccc2)cc1. The zero-order valence-electron chi connectivity index (χ0n) is 20.5. The molecular weight excluding hydrogens is 464 g/mol. The molecular formula is C35H22N2O. The normalized spacial score (nSPS) is 11.7. The molecule has 0 N–H and O–H groups in total. The van der Waals surface area contributed by atoms with Gasteiger partial charge in [-0.15, -0.1) is 0 Å². The van der Waals surface area contributed by atoms with Crippen LogP contribution < -0.4 is 0 Å². The highest BCUT2D eigenvalue weighted by Gasteiger charge is 2.19. The zero-order chi connectivity index (χ0) is 25.1. The average molecular weight is 487 g/mol. The van der Waals surface area contributed by atoms with Gasteiger partial charge in [0, 0.05) is 27.6 Å². The summed E-state index contributed by atoms with van der Waals surface area (Å²) < 4.78 is 8.74. The molecule has 3 heteroatoms. The van der Waals surface area contributed by atoms with Crippen LogP contribution in [0.3, 0.4) is 0 Å². The van der Waals surface area contributed by atoms with E-state index in [1.165, 1.54) is 10.8 Å². The molecule has 8 aromatic rings. The van der Waals surface area contributed by atoms with Crippen molar-refractivity contribution in [1.29, 1.82) is 0 Å². The summed E-state index contributed by atoms with van der Waals surface area (Å²) in [6, 6.07) is 46.5. The van der Waals surface area contributed by atoms with Gasteiger partial charge in [-0.2, -0.15) is 0 Å². The summed E-state index contributed by atoms with van der Waals surface area (Å²) in [6.45, 7) is 0. The maximum absolute atomic E-state index is 6.50. The number of aromatic nitrogens is 2. The lowest BCUT2D eigenvalue weighted by atomic mass is 9.95. The fourth-order valence-corrected chi connectivity index (χ4v) is 5.66. The van der Waals surface area contributed by atoms with E-state index in [9.17, 15) is 0 Å². The number of fused-ring (bicyclic) bond motifs is 5.